The van der Waals surface area contributed by atoms with Crippen LogP contribution >= 0.6 is 22.9 Å². The molecule has 0 radical (unpaired) electrons. The summed E-state index contributed by atoms with van der Waals surface area (Å²) in [5.74, 6) is -0.0528. The first-order valence-electron chi connectivity index (χ1n) is 8.00. The van der Waals surface area contributed by atoms with Gasteiger partial charge in [-0.2, -0.15) is 0 Å². The van der Waals surface area contributed by atoms with E-state index in [0.717, 1.165) is 33.1 Å². The normalized spacial score (nSPS) is 10.7. The van der Waals surface area contributed by atoms with E-state index in [9.17, 15) is 4.79 Å². The lowest BCUT2D eigenvalue weighted by Crippen LogP contribution is -2.16. The van der Waals surface area contributed by atoms with E-state index >= 15 is 0 Å². The van der Waals surface area contributed by atoms with Gasteiger partial charge >= 0.3 is 0 Å². The van der Waals surface area contributed by atoms with Crippen molar-refractivity contribution in [3.05, 3.63) is 69.2 Å². The molecule has 1 aromatic heterocycles. The van der Waals surface area contributed by atoms with Crippen LogP contribution in [0, 0.1) is 20.8 Å². The Balaban J connectivity index is 1.71. The van der Waals surface area contributed by atoms with Crippen LogP contribution in [0.25, 0.3) is 10.6 Å². The fraction of sp³-hybridized carbons (Fsp3) is 0.200. The molecule has 2 aromatic carbocycles. The van der Waals surface area contributed by atoms with E-state index in [1.54, 1.807) is 0 Å². The number of benzene rings is 2. The topological polar surface area (TPSA) is 42.0 Å². The van der Waals surface area contributed by atoms with Crippen molar-refractivity contribution in [3.8, 4) is 10.6 Å². The van der Waals surface area contributed by atoms with Gasteiger partial charge in [0.15, 0.2) is 0 Å². The van der Waals surface area contributed by atoms with Crippen LogP contribution in [0.5, 0.6) is 0 Å². The van der Waals surface area contributed by atoms with E-state index in [0.29, 0.717) is 5.02 Å². The molecule has 0 fully saturated rings. The predicted molar refractivity (Wildman–Crippen MR) is 106 cm³/mol. The monoisotopic (exact) mass is 370 g/mol. The van der Waals surface area contributed by atoms with Crippen LogP contribution in [0.15, 0.2) is 41.8 Å². The average molecular weight is 371 g/mol. The number of hydrogen-bond donors (Lipinski definition) is 1. The van der Waals surface area contributed by atoms with Crippen molar-refractivity contribution in [1.29, 1.82) is 0 Å². The fourth-order valence-electron chi connectivity index (χ4n) is 2.84. The van der Waals surface area contributed by atoms with E-state index in [1.165, 1.54) is 16.9 Å². The quantitative estimate of drug-likeness (QED) is 0.652. The van der Waals surface area contributed by atoms with E-state index in [1.807, 2.05) is 43.5 Å². The molecule has 3 nitrogen and oxygen atoms in total. The van der Waals surface area contributed by atoms with E-state index in [4.69, 9.17) is 11.6 Å². The summed E-state index contributed by atoms with van der Waals surface area (Å²) in [4.78, 5) is 17.0. The summed E-state index contributed by atoms with van der Waals surface area (Å²) < 4.78 is 0. The average Bonchev–Trinajstić information content (AvgIpc) is 3.00. The van der Waals surface area contributed by atoms with Crippen molar-refractivity contribution in [2.24, 2.45) is 0 Å². The smallest absolute Gasteiger partial charge is 0.230 e. The van der Waals surface area contributed by atoms with Gasteiger partial charge < -0.3 is 5.32 Å². The van der Waals surface area contributed by atoms with Crippen molar-refractivity contribution >= 4 is 34.5 Å². The number of nitrogens with one attached hydrogen (secondary N) is 1. The summed E-state index contributed by atoms with van der Waals surface area (Å²) in [6, 6.07) is 11.7. The molecule has 0 spiro atoms. The molecule has 1 N–H and O–H groups in total. The van der Waals surface area contributed by atoms with E-state index < -0.39 is 0 Å². The van der Waals surface area contributed by atoms with Gasteiger partial charge in [-0.15, -0.1) is 11.3 Å². The van der Waals surface area contributed by atoms with Crippen LogP contribution in [-0.2, 0) is 11.2 Å². The molecule has 25 heavy (non-hydrogen) atoms. The molecule has 0 atom stereocenters. The number of anilines is 1. The Morgan fingerprint density at radius 1 is 1.12 bits per heavy atom. The number of nitrogens with zero attached hydrogens (tertiary/aromatic N) is 1. The summed E-state index contributed by atoms with van der Waals surface area (Å²) in [5, 5.41) is 6.54. The minimum absolute atomic E-state index is 0.0528. The largest absolute Gasteiger partial charge is 0.325 e. The number of rotatable bonds is 4. The highest BCUT2D eigenvalue weighted by atomic mass is 35.5. The molecular weight excluding hydrogens is 352 g/mol. The van der Waals surface area contributed by atoms with Crippen LogP contribution in [0.3, 0.4) is 0 Å². The fourth-order valence-corrected chi connectivity index (χ4v) is 3.79. The molecule has 1 amide bonds. The van der Waals surface area contributed by atoms with Crippen LogP contribution in [0.4, 0.5) is 5.69 Å². The minimum Gasteiger partial charge on any atom is -0.325 e. The summed E-state index contributed by atoms with van der Waals surface area (Å²) in [7, 11) is 0. The lowest BCUT2D eigenvalue weighted by atomic mass is 10.0. The van der Waals surface area contributed by atoms with Gasteiger partial charge in [0.05, 0.1) is 12.1 Å². The number of aromatic nitrogens is 1. The third-order valence-corrected chi connectivity index (χ3v) is 5.12. The van der Waals surface area contributed by atoms with Gasteiger partial charge in [0.25, 0.3) is 0 Å². The zero-order valence-electron chi connectivity index (χ0n) is 14.4. The van der Waals surface area contributed by atoms with Gasteiger partial charge in [0.1, 0.15) is 5.01 Å². The second-order valence-electron chi connectivity index (χ2n) is 6.15. The second-order valence-corrected chi connectivity index (χ2v) is 7.44. The number of carbonyl (C=O) groups excluding carboxylic acids is 1. The molecule has 0 bridgehead atoms. The van der Waals surface area contributed by atoms with Crippen molar-refractivity contribution in [2.45, 2.75) is 27.2 Å². The van der Waals surface area contributed by atoms with Crippen molar-refractivity contribution in [3.63, 3.8) is 0 Å². The highest BCUT2D eigenvalue weighted by Crippen LogP contribution is 2.26. The standard InChI is InChI=1S/C20H19ClN2OS/c1-12-8-13(2)19(14(3)9-12)23-18(24)10-17-11-25-20(22-17)15-4-6-16(21)7-5-15/h4-9,11H,10H2,1-3H3,(H,23,24). The molecule has 3 aromatic rings. The van der Waals surface area contributed by atoms with E-state index in [2.05, 4.69) is 29.4 Å². The number of thiazole rings is 1. The van der Waals surface area contributed by atoms with Gasteiger partial charge in [-0.3, -0.25) is 4.79 Å². The number of amides is 1. The van der Waals surface area contributed by atoms with Gasteiger partial charge in [-0.05, 0) is 44.0 Å². The van der Waals surface area contributed by atoms with Crippen LogP contribution in [0.1, 0.15) is 22.4 Å². The Kier molecular flexibility index (Phi) is 5.21. The number of hydrogen-bond acceptors (Lipinski definition) is 3. The molecule has 0 saturated carbocycles. The number of aryl methyl sites for hydroxylation is 3. The molecule has 0 aliphatic carbocycles. The molecule has 0 aliphatic heterocycles. The minimum atomic E-state index is -0.0528. The maximum atomic E-state index is 12.4. The van der Waals surface area contributed by atoms with Crippen LogP contribution in [0.2, 0.25) is 5.02 Å². The van der Waals surface area contributed by atoms with E-state index in [-0.39, 0.29) is 12.3 Å². The third-order valence-electron chi connectivity index (χ3n) is 3.93. The Hall–Kier alpha value is -2.17. The Bertz CT molecular complexity index is 893. The zero-order chi connectivity index (χ0) is 18.0. The number of halogens is 1. The van der Waals surface area contributed by atoms with Crippen molar-refractivity contribution in [1.82, 2.24) is 4.98 Å². The molecule has 0 aliphatic rings. The summed E-state index contributed by atoms with van der Waals surface area (Å²) in [5.41, 5.74) is 6.02. The summed E-state index contributed by atoms with van der Waals surface area (Å²) in [6.07, 6.45) is 0.261. The second kappa shape index (κ2) is 7.38. The van der Waals surface area contributed by atoms with Gasteiger partial charge in [0.2, 0.25) is 5.91 Å². The predicted octanol–water partition coefficient (Wildman–Crippen LogP) is 5.57. The van der Waals surface area contributed by atoms with Crippen LogP contribution < -0.4 is 5.32 Å². The molecule has 128 valence electrons. The Labute approximate surface area is 156 Å². The molecule has 0 unspecified atom stereocenters. The first kappa shape index (κ1) is 17.6. The van der Waals surface area contributed by atoms with Gasteiger partial charge in [-0.1, -0.05) is 41.4 Å². The van der Waals surface area contributed by atoms with Crippen molar-refractivity contribution < 1.29 is 4.79 Å². The Morgan fingerprint density at radius 3 is 2.40 bits per heavy atom. The molecule has 5 heteroatoms. The van der Waals surface area contributed by atoms with Crippen LogP contribution in [-0.4, -0.2) is 10.9 Å². The molecule has 1 heterocycles. The maximum Gasteiger partial charge on any atom is 0.230 e. The van der Waals surface area contributed by atoms with Crippen molar-refractivity contribution in [2.75, 3.05) is 5.32 Å². The highest BCUT2D eigenvalue weighted by molar-refractivity contribution is 7.13. The molecular formula is C20H19ClN2OS. The lowest BCUT2D eigenvalue weighted by molar-refractivity contribution is -0.115. The first-order chi connectivity index (χ1) is 11.9. The highest BCUT2D eigenvalue weighted by Gasteiger charge is 2.12. The summed E-state index contributed by atoms with van der Waals surface area (Å²) >= 11 is 7.45. The number of carbonyl (C=O) groups is 1. The molecule has 0 saturated heterocycles. The first-order valence-corrected chi connectivity index (χ1v) is 9.26. The zero-order valence-corrected chi connectivity index (χ0v) is 16.0. The lowest BCUT2D eigenvalue weighted by Gasteiger charge is -2.12. The third kappa shape index (κ3) is 4.27. The van der Waals surface area contributed by atoms with Gasteiger partial charge in [0, 0.05) is 21.7 Å². The van der Waals surface area contributed by atoms with Gasteiger partial charge in [-0.25, -0.2) is 4.98 Å². The molecule has 3 rings (SSSR count). The summed E-state index contributed by atoms with van der Waals surface area (Å²) in [6.45, 7) is 6.08. The maximum absolute atomic E-state index is 12.4. The Morgan fingerprint density at radius 2 is 1.76 bits per heavy atom. The SMILES string of the molecule is Cc1cc(C)c(NC(=O)Cc2csc(-c3ccc(Cl)cc3)n2)c(C)c1.